The zero-order valence-corrected chi connectivity index (χ0v) is 21.9. The van der Waals surface area contributed by atoms with E-state index in [0.717, 1.165) is 28.6 Å². The molecule has 0 bridgehead atoms. The number of hydrogen-bond donors (Lipinski definition) is 1. The maximum absolute atomic E-state index is 13.9. The van der Waals surface area contributed by atoms with Crippen LogP contribution in [0.4, 0.5) is 36.4 Å². The van der Waals surface area contributed by atoms with Crippen molar-refractivity contribution < 1.29 is 43.9 Å². The maximum Gasteiger partial charge on any atom is 0.419 e. The molecule has 0 saturated heterocycles. The Hall–Kier alpha value is -3.16. The molecule has 4 rings (SSSR count). The van der Waals surface area contributed by atoms with E-state index in [-0.39, 0.29) is 41.3 Å². The van der Waals surface area contributed by atoms with E-state index in [1.807, 2.05) is 0 Å². The van der Waals surface area contributed by atoms with E-state index in [0.29, 0.717) is 23.3 Å². The van der Waals surface area contributed by atoms with Gasteiger partial charge in [-0.2, -0.15) is 30.6 Å². The quantitative estimate of drug-likeness (QED) is 0.321. The largest absolute Gasteiger partial charge is 0.419 e. The number of halogens is 8. The summed E-state index contributed by atoms with van der Waals surface area (Å²) in [7, 11) is -4.02. The van der Waals surface area contributed by atoms with Crippen molar-refractivity contribution in [3.63, 3.8) is 0 Å². The smallest absolute Gasteiger partial charge is 0.324 e. The van der Waals surface area contributed by atoms with Crippen LogP contribution in [-0.4, -0.2) is 25.2 Å². The zero-order chi connectivity index (χ0) is 29.5. The minimum absolute atomic E-state index is 0.00391. The average molecular weight is 609 g/mol. The molecule has 40 heavy (non-hydrogen) atoms. The van der Waals surface area contributed by atoms with Crippen molar-refractivity contribution in [2.75, 3.05) is 11.9 Å². The molecule has 1 heterocycles. The summed E-state index contributed by atoms with van der Waals surface area (Å²) in [5.41, 5.74) is -1.22. The van der Waals surface area contributed by atoms with Crippen molar-refractivity contribution in [3.8, 4) is 0 Å². The number of amides is 1. The molecule has 0 aliphatic carbocycles. The van der Waals surface area contributed by atoms with Crippen molar-refractivity contribution in [3.05, 3.63) is 98.8 Å². The summed E-state index contributed by atoms with van der Waals surface area (Å²) in [4.78, 5) is 12.6. The van der Waals surface area contributed by atoms with Crippen LogP contribution in [0.3, 0.4) is 0 Å². The lowest BCUT2D eigenvalue weighted by atomic mass is 9.98. The van der Waals surface area contributed by atoms with Crippen molar-refractivity contribution in [1.82, 2.24) is 4.31 Å². The predicted octanol–water partition coefficient (Wildman–Crippen LogP) is 6.59. The fraction of sp³-hybridized carbons (Fsp3) is 0.269. The summed E-state index contributed by atoms with van der Waals surface area (Å²) in [6.07, 6.45) is -9.84. The van der Waals surface area contributed by atoms with Crippen molar-refractivity contribution in [2.45, 2.75) is 37.5 Å². The van der Waals surface area contributed by atoms with Gasteiger partial charge < -0.3 is 5.32 Å². The third-order valence-corrected chi connectivity index (χ3v) is 8.39. The van der Waals surface area contributed by atoms with Crippen LogP contribution in [0.25, 0.3) is 0 Å². The number of alkyl halides is 6. The predicted molar refractivity (Wildman–Crippen MR) is 133 cm³/mol. The van der Waals surface area contributed by atoms with E-state index in [9.17, 15) is 43.9 Å². The van der Waals surface area contributed by atoms with E-state index >= 15 is 0 Å². The normalized spacial score (nSPS) is 14.6. The highest BCUT2D eigenvalue weighted by Crippen LogP contribution is 2.35. The Balaban J connectivity index is 1.49. The number of fused-ring (bicyclic) bond motifs is 1. The van der Waals surface area contributed by atoms with E-state index in [4.69, 9.17) is 11.6 Å². The minimum atomic E-state index is -4.88. The number of nitrogens with one attached hydrogen (secondary N) is 1. The van der Waals surface area contributed by atoms with E-state index in [1.54, 1.807) is 6.07 Å². The molecule has 3 aromatic rings. The molecule has 0 radical (unpaired) electrons. The molecule has 1 aliphatic rings. The first kappa shape index (κ1) is 29.8. The lowest BCUT2D eigenvalue weighted by Gasteiger charge is -2.30. The van der Waals surface area contributed by atoms with Gasteiger partial charge in [0.05, 0.1) is 34.0 Å². The molecule has 3 aromatic carbocycles. The van der Waals surface area contributed by atoms with Crippen LogP contribution < -0.4 is 5.32 Å². The second kappa shape index (κ2) is 11.0. The molecule has 5 nitrogen and oxygen atoms in total. The highest BCUT2D eigenvalue weighted by atomic mass is 35.5. The number of carbonyl (C=O) groups excluding carboxylic acids is 1. The van der Waals surface area contributed by atoms with Gasteiger partial charge in [0.15, 0.2) is 0 Å². The lowest BCUT2D eigenvalue weighted by Crippen LogP contribution is -2.37. The van der Waals surface area contributed by atoms with Crippen LogP contribution in [0.15, 0.2) is 54.6 Å². The Morgan fingerprint density at radius 2 is 1.68 bits per heavy atom. The third kappa shape index (κ3) is 6.76. The van der Waals surface area contributed by atoms with Crippen LogP contribution in [-0.2, 0) is 52.3 Å². The summed E-state index contributed by atoms with van der Waals surface area (Å²) < 4.78 is 118. The summed E-state index contributed by atoms with van der Waals surface area (Å²) in [6.45, 7) is -0.164. The van der Waals surface area contributed by atoms with Gasteiger partial charge in [-0.3, -0.25) is 4.79 Å². The minimum Gasteiger partial charge on any atom is -0.324 e. The SMILES string of the molecule is O=C(Cc1ccc(C(F)(F)F)c(F)c1)Nc1c(Cl)ccc2c1CCN(S(=O)(=O)Cc1cccc(C(F)(F)F)c1)C2. The number of carbonyl (C=O) groups is 1. The Kier molecular flexibility index (Phi) is 8.21. The van der Waals surface area contributed by atoms with Crippen LogP contribution in [0.2, 0.25) is 5.02 Å². The standard InChI is InChI=1S/C26H20ClF7N2O3S/c27-21-7-5-17-13-36(40(38,39)14-16-2-1-3-18(10-16)25(29,30)31)9-8-19(17)24(21)35-23(37)12-15-4-6-20(22(28)11-15)26(32,33)34/h1-7,10-11H,8-9,12-14H2,(H,35,37). The Morgan fingerprint density at radius 1 is 0.950 bits per heavy atom. The summed E-state index contributed by atoms with van der Waals surface area (Å²) in [5, 5.41) is 2.71. The number of sulfonamides is 1. The van der Waals surface area contributed by atoms with Gasteiger partial charge >= 0.3 is 12.4 Å². The van der Waals surface area contributed by atoms with Crippen LogP contribution >= 0.6 is 11.6 Å². The summed E-state index contributed by atoms with van der Waals surface area (Å²) in [6, 6.07) is 9.20. The first-order valence-electron chi connectivity index (χ1n) is 11.6. The van der Waals surface area contributed by atoms with Gasteiger partial charge in [0.1, 0.15) is 5.82 Å². The number of anilines is 1. The molecule has 0 unspecified atom stereocenters. The molecule has 1 amide bonds. The fourth-order valence-electron chi connectivity index (χ4n) is 4.38. The lowest BCUT2D eigenvalue weighted by molar-refractivity contribution is -0.140. The third-order valence-electron chi connectivity index (χ3n) is 6.28. The Bertz CT molecular complexity index is 1560. The van der Waals surface area contributed by atoms with Crippen LogP contribution in [0.1, 0.15) is 33.4 Å². The molecule has 14 heteroatoms. The molecular weight excluding hydrogens is 589 g/mol. The maximum atomic E-state index is 13.9. The number of hydrogen-bond acceptors (Lipinski definition) is 3. The summed E-state index contributed by atoms with van der Waals surface area (Å²) >= 11 is 6.27. The highest BCUT2D eigenvalue weighted by Gasteiger charge is 2.34. The monoisotopic (exact) mass is 608 g/mol. The molecule has 0 aromatic heterocycles. The van der Waals surface area contributed by atoms with Crippen LogP contribution in [0, 0.1) is 5.82 Å². The molecule has 0 saturated carbocycles. The van der Waals surface area contributed by atoms with Gasteiger partial charge in [-0.25, -0.2) is 12.8 Å². The first-order valence-corrected chi connectivity index (χ1v) is 13.6. The second-order valence-corrected chi connectivity index (χ2v) is 11.5. The molecular formula is C26H20ClF7N2O3S. The van der Waals surface area contributed by atoms with E-state index in [2.05, 4.69) is 5.32 Å². The van der Waals surface area contributed by atoms with Gasteiger partial charge in [-0.15, -0.1) is 0 Å². The zero-order valence-electron chi connectivity index (χ0n) is 20.3. The van der Waals surface area contributed by atoms with Crippen molar-refractivity contribution in [1.29, 1.82) is 0 Å². The van der Waals surface area contributed by atoms with Crippen molar-refractivity contribution in [2.24, 2.45) is 0 Å². The number of nitrogens with zero attached hydrogens (tertiary/aromatic N) is 1. The highest BCUT2D eigenvalue weighted by molar-refractivity contribution is 7.88. The first-order chi connectivity index (χ1) is 18.5. The number of rotatable bonds is 6. The van der Waals surface area contributed by atoms with Crippen molar-refractivity contribution >= 4 is 33.2 Å². The molecule has 0 fully saturated rings. The molecule has 0 spiro atoms. The topological polar surface area (TPSA) is 66.5 Å². The Morgan fingerprint density at radius 3 is 2.33 bits per heavy atom. The van der Waals surface area contributed by atoms with E-state index < -0.39 is 57.4 Å². The van der Waals surface area contributed by atoms with Gasteiger partial charge in [-0.1, -0.05) is 41.9 Å². The average Bonchev–Trinajstić information content (AvgIpc) is 2.84. The second-order valence-electron chi connectivity index (χ2n) is 9.13. The molecule has 0 atom stereocenters. The van der Waals surface area contributed by atoms with E-state index in [1.165, 1.54) is 12.1 Å². The van der Waals surface area contributed by atoms with Gasteiger partial charge in [-0.05, 0) is 52.9 Å². The van der Waals surface area contributed by atoms with Gasteiger partial charge in [0.2, 0.25) is 15.9 Å². The Labute approximate surface area is 229 Å². The number of benzene rings is 3. The summed E-state index contributed by atoms with van der Waals surface area (Å²) in [5.74, 6) is -2.85. The molecule has 1 N–H and O–H groups in total. The van der Waals surface area contributed by atoms with Crippen LogP contribution in [0.5, 0.6) is 0 Å². The molecule has 1 aliphatic heterocycles. The van der Waals surface area contributed by atoms with Gasteiger partial charge in [0, 0.05) is 13.1 Å². The fourth-order valence-corrected chi connectivity index (χ4v) is 6.09. The molecule has 214 valence electrons. The van der Waals surface area contributed by atoms with Gasteiger partial charge in [0.25, 0.3) is 0 Å².